The lowest BCUT2D eigenvalue weighted by Crippen LogP contribution is -2.38. The molecule has 0 bridgehead atoms. The summed E-state index contributed by atoms with van der Waals surface area (Å²) < 4.78 is 10.3. The quantitative estimate of drug-likeness (QED) is 0.556. The Balaban J connectivity index is 1.90. The zero-order chi connectivity index (χ0) is 10.2. The van der Waals surface area contributed by atoms with Gasteiger partial charge in [-0.05, 0) is 12.8 Å². The second kappa shape index (κ2) is 6.75. The minimum atomic E-state index is -0.425. The van der Waals surface area contributed by atoms with Crippen LogP contribution in [-0.2, 0) is 14.3 Å². The van der Waals surface area contributed by atoms with Crippen LogP contribution in [0.3, 0.4) is 0 Å². The van der Waals surface area contributed by atoms with Crippen LogP contribution in [0.2, 0.25) is 0 Å². The number of primary amides is 1. The van der Waals surface area contributed by atoms with E-state index in [9.17, 15) is 4.79 Å². The van der Waals surface area contributed by atoms with Crippen LogP contribution in [-0.4, -0.2) is 44.9 Å². The first-order valence-electron chi connectivity index (χ1n) is 4.96. The van der Waals surface area contributed by atoms with Crippen LogP contribution in [0.15, 0.2) is 0 Å². The fourth-order valence-corrected chi connectivity index (χ4v) is 1.41. The molecule has 0 saturated carbocycles. The van der Waals surface area contributed by atoms with Gasteiger partial charge in [0, 0.05) is 19.2 Å². The Morgan fingerprint density at radius 3 is 3.14 bits per heavy atom. The molecule has 1 saturated heterocycles. The molecule has 82 valence electrons. The fraction of sp³-hybridized carbons (Fsp3) is 0.889. The van der Waals surface area contributed by atoms with Crippen molar-refractivity contribution in [1.82, 2.24) is 5.32 Å². The van der Waals surface area contributed by atoms with E-state index in [0.717, 1.165) is 32.6 Å². The summed E-state index contributed by atoms with van der Waals surface area (Å²) in [6, 6.07) is 0.431. The molecule has 1 aliphatic heterocycles. The highest BCUT2D eigenvalue weighted by atomic mass is 16.5. The number of nitrogens with one attached hydrogen (secondary N) is 1. The maximum absolute atomic E-state index is 10.3. The average molecular weight is 202 g/mol. The van der Waals surface area contributed by atoms with Crippen molar-refractivity contribution in [2.75, 3.05) is 33.0 Å². The van der Waals surface area contributed by atoms with Gasteiger partial charge in [0.2, 0.25) is 5.91 Å². The lowest BCUT2D eigenvalue weighted by Gasteiger charge is -2.23. The highest BCUT2D eigenvalue weighted by molar-refractivity contribution is 5.74. The second-order valence-electron chi connectivity index (χ2n) is 3.39. The number of amides is 1. The van der Waals surface area contributed by atoms with Gasteiger partial charge in [0.25, 0.3) is 0 Å². The monoisotopic (exact) mass is 202 g/mol. The van der Waals surface area contributed by atoms with Crippen molar-refractivity contribution in [3.8, 4) is 0 Å². The molecule has 1 atom stereocenters. The van der Waals surface area contributed by atoms with Gasteiger partial charge in [-0.25, -0.2) is 0 Å². The Labute approximate surface area is 83.9 Å². The van der Waals surface area contributed by atoms with E-state index >= 15 is 0 Å². The van der Waals surface area contributed by atoms with Crippen LogP contribution in [0.25, 0.3) is 0 Å². The van der Waals surface area contributed by atoms with Crippen molar-refractivity contribution >= 4 is 5.91 Å². The lowest BCUT2D eigenvalue weighted by atomic mass is 10.1. The van der Waals surface area contributed by atoms with Crippen LogP contribution in [0.1, 0.15) is 12.8 Å². The minimum Gasteiger partial charge on any atom is -0.380 e. The Morgan fingerprint density at radius 2 is 2.50 bits per heavy atom. The van der Waals surface area contributed by atoms with E-state index in [0.29, 0.717) is 12.6 Å². The van der Waals surface area contributed by atoms with E-state index in [1.165, 1.54) is 0 Å². The van der Waals surface area contributed by atoms with Crippen molar-refractivity contribution in [3.05, 3.63) is 0 Å². The number of carbonyl (C=O) groups is 1. The first kappa shape index (κ1) is 11.4. The standard InChI is InChI=1S/C9H18N2O3/c10-9(12)7-14-5-3-11-8-2-1-4-13-6-8/h8,11H,1-7H2,(H2,10,12). The summed E-state index contributed by atoms with van der Waals surface area (Å²) >= 11 is 0. The summed E-state index contributed by atoms with van der Waals surface area (Å²) in [5, 5.41) is 3.29. The van der Waals surface area contributed by atoms with Gasteiger partial charge < -0.3 is 20.5 Å². The van der Waals surface area contributed by atoms with E-state index in [1.54, 1.807) is 0 Å². The first-order valence-corrected chi connectivity index (χ1v) is 4.96. The number of rotatable bonds is 6. The third-order valence-corrected chi connectivity index (χ3v) is 2.08. The molecule has 0 aromatic rings. The minimum absolute atomic E-state index is 0.00282. The van der Waals surface area contributed by atoms with Gasteiger partial charge in [-0.2, -0.15) is 0 Å². The molecule has 14 heavy (non-hydrogen) atoms. The van der Waals surface area contributed by atoms with Crippen molar-refractivity contribution < 1.29 is 14.3 Å². The molecule has 0 spiro atoms. The summed E-state index contributed by atoms with van der Waals surface area (Å²) in [6.07, 6.45) is 2.26. The smallest absolute Gasteiger partial charge is 0.243 e. The molecule has 1 fully saturated rings. The lowest BCUT2D eigenvalue weighted by molar-refractivity contribution is -0.122. The van der Waals surface area contributed by atoms with Gasteiger partial charge in [-0.15, -0.1) is 0 Å². The zero-order valence-electron chi connectivity index (χ0n) is 8.33. The Morgan fingerprint density at radius 1 is 1.64 bits per heavy atom. The van der Waals surface area contributed by atoms with Crippen LogP contribution in [0.5, 0.6) is 0 Å². The molecule has 5 nitrogen and oxygen atoms in total. The van der Waals surface area contributed by atoms with E-state index < -0.39 is 5.91 Å². The molecule has 0 aromatic carbocycles. The number of carbonyl (C=O) groups excluding carboxylic acids is 1. The first-order chi connectivity index (χ1) is 6.79. The van der Waals surface area contributed by atoms with Gasteiger partial charge in [-0.3, -0.25) is 4.79 Å². The molecule has 1 heterocycles. The topological polar surface area (TPSA) is 73.6 Å². The van der Waals surface area contributed by atoms with E-state index in [2.05, 4.69) is 5.32 Å². The molecule has 1 unspecified atom stereocenters. The number of nitrogens with two attached hydrogens (primary N) is 1. The largest absolute Gasteiger partial charge is 0.380 e. The maximum Gasteiger partial charge on any atom is 0.243 e. The SMILES string of the molecule is NC(=O)COCCNC1CCCOC1. The van der Waals surface area contributed by atoms with Gasteiger partial charge in [0.15, 0.2) is 0 Å². The Hall–Kier alpha value is -0.650. The normalized spacial score (nSPS) is 22.1. The summed E-state index contributed by atoms with van der Waals surface area (Å²) in [5.41, 5.74) is 4.91. The van der Waals surface area contributed by atoms with Gasteiger partial charge >= 0.3 is 0 Å². The van der Waals surface area contributed by atoms with Crippen LogP contribution < -0.4 is 11.1 Å². The summed E-state index contributed by atoms with van der Waals surface area (Å²) in [6.45, 7) is 2.90. The molecular formula is C9H18N2O3. The van der Waals surface area contributed by atoms with Gasteiger partial charge in [0.1, 0.15) is 6.61 Å². The van der Waals surface area contributed by atoms with Crippen LogP contribution >= 0.6 is 0 Å². The Bertz CT molecular complexity index is 169. The number of ether oxygens (including phenoxy) is 2. The van der Waals surface area contributed by atoms with E-state index in [1.807, 2.05) is 0 Å². The van der Waals surface area contributed by atoms with Crippen molar-refractivity contribution in [2.24, 2.45) is 5.73 Å². The summed E-state index contributed by atoms with van der Waals surface area (Å²) in [4.78, 5) is 10.3. The number of hydrogen-bond acceptors (Lipinski definition) is 4. The van der Waals surface area contributed by atoms with E-state index in [-0.39, 0.29) is 6.61 Å². The molecule has 1 rings (SSSR count). The molecule has 1 amide bonds. The molecule has 0 radical (unpaired) electrons. The molecule has 0 aliphatic carbocycles. The summed E-state index contributed by atoms with van der Waals surface area (Å²) in [7, 11) is 0. The van der Waals surface area contributed by atoms with Crippen molar-refractivity contribution in [1.29, 1.82) is 0 Å². The molecule has 0 aromatic heterocycles. The zero-order valence-corrected chi connectivity index (χ0v) is 8.33. The molecular weight excluding hydrogens is 184 g/mol. The second-order valence-corrected chi connectivity index (χ2v) is 3.39. The van der Waals surface area contributed by atoms with Crippen molar-refractivity contribution in [2.45, 2.75) is 18.9 Å². The molecule has 3 N–H and O–H groups in total. The van der Waals surface area contributed by atoms with Crippen LogP contribution in [0.4, 0.5) is 0 Å². The molecule has 1 aliphatic rings. The predicted octanol–water partition coefficient (Wildman–Crippen LogP) is -0.743. The highest BCUT2D eigenvalue weighted by Crippen LogP contribution is 2.04. The highest BCUT2D eigenvalue weighted by Gasteiger charge is 2.12. The van der Waals surface area contributed by atoms with Gasteiger partial charge in [0.05, 0.1) is 13.2 Å². The summed E-state index contributed by atoms with van der Waals surface area (Å²) in [5.74, 6) is -0.425. The Kier molecular flexibility index (Phi) is 5.51. The third kappa shape index (κ3) is 5.16. The number of hydrogen-bond donors (Lipinski definition) is 2. The third-order valence-electron chi connectivity index (χ3n) is 2.08. The average Bonchev–Trinajstić information content (AvgIpc) is 2.18. The molecule has 5 heteroatoms. The maximum atomic E-state index is 10.3. The van der Waals surface area contributed by atoms with Gasteiger partial charge in [-0.1, -0.05) is 0 Å². The predicted molar refractivity (Wildman–Crippen MR) is 51.9 cm³/mol. The fourth-order valence-electron chi connectivity index (χ4n) is 1.41. The van der Waals surface area contributed by atoms with Crippen molar-refractivity contribution in [3.63, 3.8) is 0 Å². The van der Waals surface area contributed by atoms with E-state index in [4.69, 9.17) is 15.2 Å². The van der Waals surface area contributed by atoms with Crippen LogP contribution in [0, 0.1) is 0 Å².